The van der Waals surface area contributed by atoms with Crippen LogP contribution in [0.3, 0.4) is 0 Å². The molecule has 104 valence electrons. The standard InChI is InChI=1S/C14H32N2.ClH/c1-15(2,3)11-13-8-7-9-14(10-13)12-16(4,5)6;/h13-14H,7-12H2,1-6H3;1H/q+2;/p-1. The second kappa shape index (κ2) is 6.40. The highest BCUT2D eigenvalue weighted by atomic mass is 35.5. The van der Waals surface area contributed by atoms with Crippen LogP contribution in [0.2, 0.25) is 0 Å². The lowest BCUT2D eigenvalue weighted by atomic mass is 9.80. The van der Waals surface area contributed by atoms with E-state index in [-0.39, 0.29) is 12.4 Å². The average molecular weight is 264 g/mol. The summed E-state index contributed by atoms with van der Waals surface area (Å²) < 4.78 is 2.25. The molecule has 0 spiro atoms. The predicted octanol–water partition coefficient (Wildman–Crippen LogP) is -0.791. The first kappa shape index (κ1) is 17.2. The normalized spacial score (nSPS) is 26.5. The minimum atomic E-state index is 0. The molecule has 2 unspecified atom stereocenters. The van der Waals surface area contributed by atoms with Gasteiger partial charge in [-0.2, -0.15) is 0 Å². The van der Waals surface area contributed by atoms with Crippen LogP contribution >= 0.6 is 0 Å². The SMILES string of the molecule is C[N+](C)(C)CC1CCCC(C[N+](C)(C)C)C1.[Cl-]. The Morgan fingerprint density at radius 3 is 1.41 bits per heavy atom. The van der Waals surface area contributed by atoms with Crippen LogP contribution in [0.15, 0.2) is 0 Å². The quantitative estimate of drug-likeness (QED) is 0.584. The summed E-state index contributed by atoms with van der Waals surface area (Å²) in [4.78, 5) is 0. The molecule has 0 heterocycles. The molecule has 0 amide bonds. The number of hydrogen-bond donors (Lipinski definition) is 0. The largest absolute Gasteiger partial charge is 1.00 e. The second-order valence-electron chi connectivity index (χ2n) is 7.84. The van der Waals surface area contributed by atoms with Crippen molar-refractivity contribution in [2.24, 2.45) is 11.8 Å². The molecule has 1 saturated carbocycles. The van der Waals surface area contributed by atoms with Crippen LogP contribution < -0.4 is 12.4 Å². The van der Waals surface area contributed by atoms with Gasteiger partial charge in [0, 0.05) is 11.8 Å². The molecule has 1 aliphatic carbocycles. The van der Waals surface area contributed by atoms with Crippen molar-refractivity contribution in [2.45, 2.75) is 25.7 Å². The van der Waals surface area contributed by atoms with Gasteiger partial charge in [0.2, 0.25) is 0 Å². The number of halogens is 1. The van der Waals surface area contributed by atoms with Crippen molar-refractivity contribution >= 4 is 0 Å². The molecule has 1 rings (SSSR count). The third-order valence-electron chi connectivity index (χ3n) is 3.50. The van der Waals surface area contributed by atoms with Crippen molar-refractivity contribution in [3.05, 3.63) is 0 Å². The van der Waals surface area contributed by atoms with Gasteiger partial charge in [0.05, 0.1) is 55.4 Å². The number of rotatable bonds is 4. The van der Waals surface area contributed by atoms with Crippen LogP contribution in [0.25, 0.3) is 0 Å². The van der Waals surface area contributed by atoms with E-state index in [4.69, 9.17) is 0 Å². The Morgan fingerprint density at radius 2 is 1.12 bits per heavy atom. The van der Waals surface area contributed by atoms with Gasteiger partial charge in [-0.15, -0.1) is 0 Å². The molecule has 0 radical (unpaired) electrons. The highest BCUT2D eigenvalue weighted by Crippen LogP contribution is 2.31. The molecule has 0 bridgehead atoms. The average Bonchev–Trinajstić information content (AvgIpc) is 1.96. The fourth-order valence-electron chi connectivity index (χ4n) is 3.28. The third-order valence-corrected chi connectivity index (χ3v) is 3.50. The first-order valence-corrected chi connectivity index (χ1v) is 6.77. The van der Waals surface area contributed by atoms with Crippen LogP contribution in [-0.2, 0) is 0 Å². The molecular weight excluding hydrogens is 232 g/mol. The zero-order valence-electron chi connectivity index (χ0n) is 12.7. The lowest BCUT2D eigenvalue weighted by molar-refractivity contribution is -0.877. The molecule has 17 heavy (non-hydrogen) atoms. The van der Waals surface area contributed by atoms with Crippen molar-refractivity contribution in [1.82, 2.24) is 0 Å². The van der Waals surface area contributed by atoms with Crippen molar-refractivity contribution in [2.75, 3.05) is 55.4 Å². The minimum Gasteiger partial charge on any atom is -1.00 e. The van der Waals surface area contributed by atoms with E-state index in [1.165, 1.54) is 38.8 Å². The molecule has 2 nitrogen and oxygen atoms in total. The smallest absolute Gasteiger partial charge is 0.0809 e. The summed E-state index contributed by atoms with van der Waals surface area (Å²) in [5.74, 6) is 1.93. The van der Waals surface area contributed by atoms with Crippen LogP contribution in [0, 0.1) is 11.8 Å². The lowest BCUT2D eigenvalue weighted by Gasteiger charge is -2.37. The minimum absolute atomic E-state index is 0. The molecule has 1 aliphatic rings. The summed E-state index contributed by atoms with van der Waals surface area (Å²) in [6.07, 6.45) is 5.84. The van der Waals surface area contributed by atoms with E-state index < -0.39 is 0 Å². The van der Waals surface area contributed by atoms with Gasteiger partial charge >= 0.3 is 0 Å². The van der Waals surface area contributed by atoms with Gasteiger partial charge in [-0.1, -0.05) is 6.42 Å². The van der Waals surface area contributed by atoms with Crippen LogP contribution in [0.5, 0.6) is 0 Å². The maximum atomic E-state index is 2.32. The van der Waals surface area contributed by atoms with Gasteiger partial charge in [-0.05, 0) is 19.3 Å². The molecule has 0 aliphatic heterocycles. The van der Waals surface area contributed by atoms with Crippen molar-refractivity contribution < 1.29 is 21.4 Å². The van der Waals surface area contributed by atoms with E-state index in [2.05, 4.69) is 42.3 Å². The van der Waals surface area contributed by atoms with Gasteiger partial charge in [0.25, 0.3) is 0 Å². The predicted molar refractivity (Wildman–Crippen MR) is 71.2 cm³/mol. The molecule has 0 N–H and O–H groups in total. The summed E-state index contributed by atoms with van der Waals surface area (Å²) >= 11 is 0. The van der Waals surface area contributed by atoms with E-state index in [0.717, 1.165) is 20.8 Å². The van der Waals surface area contributed by atoms with Crippen LogP contribution in [-0.4, -0.2) is 64.3 Å². The number of hydrogen-bond acceptors (Lipinski definition) is 0. The molecule has 0 aromatic carbocycles. The maximum absolute atomic E-state index is 2.32. The molecule has 2 atom stereocenters. The van der Waals surface area contributed by atoms with E-state index in [1.54, 1.807) is 0 Å². The molecule has 0 aromatic rings. The van der Waals surface area contributed by atoms with Gasteiger partial charge in [-0.3, -0.25) is 0 Å². The molecule has 1 fully saturated rings. The Bertz CT molecular complexity index is 193. The topological polar surface area (TPSA) is 0 Å². The zero-order chi connectivity index (χ0) is 12.4. The molecule has 3 heteroatoms. The Hall–Kier alpha value is 0.210. The second-order valence-corrected chi connectivity index (χ2v) is 7.84. The fraction of sp³-hybridized carbons (Fsp3) is 1.00. The van der Waals surface area contributed by atoms with Crippen molar-refractivity contribution in [1.29, 1.82) is 0 Å². The number of nitrogens with zero attached hydrogens (tertiary/aromatic N) is 2. The van der Waals surface area contributed by atoms with Gasteiger partial charge in [-0.25, -0.2) is 0 Å². The molecular formula is C14H32ClN2+. The van der Waals surface area contributed by atoms with Crippen molar-refractivity contribution in [3.8, 4) is 0 Å². The summed E-state index contributed by atoms with van der Waals surface area (Å²) in [5.41, 5.74) is 0. The summed E-state index contributed by atoms with van der Waals surface area (Å²) in [7, 11) is 13.9. The van der Waals surface area contributed by atoms with Crippen LogP contribution in [0.1, 0.15) is 25.7 Å². The van der Waals surface area contributed by atoms with E-state index in [9.17, 15) is 0 Å². The van der Waals surface area contributed by atoms with Gasteiger partial charge in [0.15, 0.2) is 0 Å². The molecule has 0 aromatic heterocycles. The Labute approximate surface area is 115 Å². The van der Waals surface area contributed by atoms with Gasteiger partial charge in [0.1, 0.15) is 0 Å². The van der Waals surface area contributed by atoms with Crippen LogP contribution in [0.4, 0.5) is 0 Å². The number of quaternary nitrogens is 2. The highest BCUT2D eigenvalue weighted by molar-refractivity contribution is 4.72. The summed E-state index contributed by atoms with van der Waals surface area (Å²) in [6, 6.07) is 0. The summed E-state index contributed by atoms with van der Waals surface area (Å²) in [5, 5.41) is 0. The maximum Gasteiger partial charge on any atom is 0.0809 e. The monoisotopic (exact) mass is 263 g/mol. The Morgan fingerprint density at radius 1 is 0.765 bits per heavy atom. The zero-order valence-corrected chi connectivity index (χ0v) is 13.4. The van der Waals surface area contributed by atoms with Crippen molar-refractivity contribution in [3.63, 3.8) is 0 Å². The first-order chi connectivity index (χ1) is 7.16. The third kappa shape index (κ3) is 8.01. The fourth-order valence-corrected chi connectivity index (χ4v) is 3.28. The highest BCUT2D eigenvalue weighted by Gasteiger charge is 2.29. The first-order valence-electron chi connectivity index (χ1n) is 6.77. The van der Waals surface area contributed by atoms with E-state index in [0.29, 0.717) is 0 Å². The Balaban J connectivity index is 0.00000256. The Kier molecular flexibility index (Phi) is 6.48. The lowest BCUT2D eigenvalue weighted by Crippen LogP contribution is -3.00. The molecule has 0 saturated heterocycles. The summed E-state index contributed by atoms with van der Waals surface area (Å²) in [6.45, 7) is 2.71. The van der Waals surface area contributed by atoms with Gasteiger partial charge < -0.3 is 21.4 Å². The van der Waals surface area contributed by atoms with E-state index >= 15 is 0 Å². The van der Waals surface area contributed by atoms with E-state index in [1.807, 2.05) is 0 Å².